The molecule has 2 rings (SSSR count). The Morgan fingerprint density at radius 1 is 0.780 bits per heavy atom. The minimum Gasteiger partial charge on any atom is -0.468 e. The van der Waals surface area contributed by atoms with Crippen LogP contribution in [0.25, 0.3) is 0 Å². The highest BCUT2D eigenvalue weighted by molar-refractivity contribution is 9.09. The third kappa shape index (κ3) is 14.8. The van der Waals surface area contributed by atoms with Gasteiger partial charge in [-0.1, -0.05) is 15.9 Å². The molecular weight excluding hydrogens is 604 g/mol. The van der Waals surface area contributed by atoms with Gasteiger partial charge in [-0.15, -0.1) is 0 Å². The van der Waals surface area contributed by atoms with E-state index in [2.05, 4.69) is 21.2 Å². The zero-order valence-corrected chi connectivity index (χ0v) is 28.1. The molecule has 2 saturated heterocycles. The van der Waals surface area contributed by atoms with E-state index in [0.717, 1.165) is 13.0 Å². The van der Waals surface area contributed by atoms with Crippen LogP contribution in [0.5, 0.6) is 0 Å². The minimum atomic E-state index is -0.675. The molecule has 2 atom stereocenters. The number of carbonyl (C=O) groups is 4. The average Bonchev–Trinajstić information content (AvgIpc) is 3.50. The second-order valence-electron chi connectivity index (χ2n) is 12.1. The molecule has 0 spiro atoms. The molecule has 2 aliphatic heterocycles. The number of carbonyl (C=O) groups excluding carboxylic acids is 4. The summed E-state index contributed by atoms with van der Waals surface area (Å²) in [5, 5.41) is 3.40. The monoisotopic (exact) mass is 654 g/mol. The standard InChI is InChI=1S/C14H25NO5.C8H15NO3.C6H11BrO2/c1-13(2,3)20-11(16)8-15-7-6-14(9-15,10-18-4)12(17)19-5;1-11-6-8(7(10)12-2)3-4-9-5-8;1-6(2,3)9-5(8)4-7/h6-10H2,1-5H3;9H,3-6H2,1-2H3;4H2,1-3H3. The summed E-state index contributed by atoms with van der Waals surface area (Å²) in [5.74, 6) is -0.960. The Bertz CT molecular complexity index is 835. The average molecular weight is 656 g/mol. The maximum atomic E-state index is 11.9. The number of hydrogen-bond donors (Lipinski definition) is 1. The number of alkyl halides is 1. The summed E-state index contributed by atoms with van der Waals surface area (Å²) >= 11 is 2.99. The van der Waals surface area contributed by atoms with Crippen molar-refractivity contribution in [1.82, 2.24) is 10.2 Å². The Morgan fingerprint density at radius 2 is 1.27 bits per heavy atom. The number of halogens is 1. The SMILES string of the molecule is CC(C)(C)OC(=O)CBr.COCC1(C(=O)OC)CCN(CC(=O)OC(C)(C)C)C1.COCC1(C(=O)OC)CCNC1. The van der Waals surface area contributed by atoms with Crippen LogP contribution in [0.1, 0.15) is 54.4 Å². The van der Waals surface area contributed by atoms with E-state index in [4.69, 9.17) is 28.4 Å². The fourth-order valence-electron chi connectivity index (χ4n) is 4.45. The summed E-state index contributed by atoms with van der Waals surface area (Å²) in [6, 6.07) is 0. The zero-order valence-electron chi connectivity index (χ0n) is 26.5. The maximum absolute atomic E-state index is 11.9. The van der Waals surface area contributed by atoms with Crippen LogP contribution in [0.15, 0.2) is 0 Å². The molecule has 1 N–H and O–H groups in total. The van der Waals surface area contributed by atoms with E-state index in [-0.39, 0.29) is 41.4 Å². The van der Waals surface area contributed by atoms with Gasteiger partial charge in [0.25, 0.3) is 0 Å². The molecular formula is C28H51BrN2O10. The van der Waals surface area contributed by atoms with E-state index < -0.39 is 16.4 Å². The van der Waals surface area contributed by atoms with Crippen molar-refractivity contribution in [1.29, 1.82) is 0 Å². The Morgan fingerprint density at radius 3 is 1.66 bits per heavy atom. The highest BCUT2D eigenvalue weighted by Crippen LogP contribution is 2.32. The van der Waals surface area contributed by atoms with Crippen LogP contribution in [0.4, 0.5) is 0 Å². The molecule has 2 fully saturated rings. The van der Waals surface area contributed by atoms with Crippen LogP contribution >= 0.6 is 15.9 Å². The minimum absolute atomic E-state index is 0.172. The summed E-state index contributed by atoms with van der Waals surface area (Å²) in [7, 11) is 5.94. The number of rotatable bonds is 9. The maximum Gasteiger partial charge on any atom is 0.320 e. The lowest BCUT2D eigenvalue weighted by Gasteiger charge is -2.26. The summed E-state index contributed by atoms with van der Waals surface area (Å²) in [4.78, 5) is 47.6. The lowest BCUT2D eigenvalue weighted by molar-refractivity contribution is -0.158. The van der Waals surface area contributed by atoms with E-state index >= 15 is 0 Å². The van der Waals surface area contributed by atoms with Gasteiger partial charge in [0, 0.05) is 33.9 Å². The predicted octanol–water partition coefficient (Wildman–Crippen LogP) is 2.35. The van der Waals surface area contributed by atoms with E-state index in [1.807, 2.05) is 46.4 Å². The Hall–Kier alpha value is -1.80. The second kappa shape index (κ2) is 18.0. The molecule has 240 valence electrons. The summed E-state index contributed by atoms with van der Waals surface area (Å²) in [6.45, 7) is 14.6. The number of esters is 4. The number of methoxy groups -OCH3 is 4. The third-order valence-electron chi connectivity index (χ3n) is 6.06. The molecule has 0 amide bonds. The highest BCUT2D eigenvalue weighted by atomic mass is 79.9. The van der Waals surface area contributed by atoms with E-state index in [1.54, 1.807) is 14.2 Å². The molecule has 12 nitrogen and oxygen atoms in total. The van der Waals surface area contributed by atoms with Gasteiger partial charge < -0.3 is 33.7 Å². The van der Waals surface area contributed by atoms with Crippen LogP contribution < -0.4 is 5.32 Å². The van der Waals surface area contributed by atoms with Crippen LogP contribution in [0.2, 0.25) is 0 Å². The molecule has 0 aromatic carbocycles. The Balaban J connectivity index is 0.000000646. The Kier molecular flexibility index (Phi) is 17.2. The largest absolute Gasteiger partial charge is 0.468 e. The lowest BCUT2D eigenvalue weighted by atomic mass is 9.88. The number of nitrogens with zero attached hydrogens (tertiary/aromatic N) is 1. The van der Waals surface area contributed by atoms with Crippen molar-refractivity contribution in [3.05, 3.63) is 0 Å². The van der Waals surface area contributed by atoms with Crippen molar-refractivity contribution in [2.24, 2.45) is 10.8 Å². The van der Waals surface area contributed by atoms with Gasteiger partial charge >= 0.3 is 23.9 Å². The van der Waals surface area contributed by atoms with Gasteiger partial charge in [-0.25, -0.2) is 0 Å². The third-order valence-corrected chi connectivity index (χ3v) is 6.51. The van der Waals surface area contributed by atoms with Crippen molar-refractivity contribution < 1.29 is 47.6 Å². The van der Waals surface area contributed by atoms with E-state index in [9.17, 15) is 19.2 Å². The van der Waals surface area contributed by atoms with Crippen molar-refractivity contribution in [2.45, 2.75) is 65.6 Å². The molecule has 0 saturated carbocycles. The van der Waals surface area contributed by atoms with Gasteiger partial charge in [0.15, 0.2) is 0 Å². The first kappa shape index (κ1) is 39.2. The highest BCUT2D eigenvalue weighted by Gasteiger charge is 2.46. The number of ether oxygens (including phenoxy) is 6. The molecule has 0 aromatic rings. The lowest BCUT2D eigenvalue weighted by Crippen LogP contribution is -2.41. The molecule has 2 aliphatic rings. The number of likely N-dealkylation sites (tertiary alicyclic amines) is 1. The zero-order chi connectivity index (χ0) is 31.9. The summed E-state index contributed by atoms with van der Waals surface area (Å²) < 4.78 is 29.9. The topological polar surface area (TPSA) is 139 Å². The Labute approximate surface area is 253 Å². The fraction of sp³-hybridized carbons (Fsp3) is 0.857. The summed E-state index contributed by atoms with van der Waals surface area (Å²) in [5.41, 5.74) is -1.97. The number of hydrogen-bond acceptors (Lipinski definition) is 12. The first-order chi connectivity index (χ1) is 18.9. The van der Waals surface area contributed by atoms with Gasteiger partial charge in [0.2, 0.25) is 0 Å². The first-order valence-corrected chi connectivity index (χ1v) is 14.6. The summed E-state index contributed by atoms with van der Waals surface area (Å²) in [6.07, 6.45) is 1.42. The van der Waals surface area contributed by atoms with E-state index in [1.165, 1.54) is 14.2 Å². The normalized spacial score (nSPS) is 22.4. The van der Waals surface area contributed by atoms with Crippen LogP contribution in [0.3, 0.4) is 0 Å². The molecule has 0 bridgehead atoms. The molecule has 0 aliphatic carbocycles. The molecule has 0 radical (unpaired) electrons. The molecule has 13 heteroatoms. The smallest absolute Gasteiger partial charge is 0.320 e. The van der Waals surface area contributed by atoms with Crippen molar-refractivity contribution >= 4 is 39.8 Å². The van der Waals surface area contributed by atoms with Gasteiger partial charge in [-0.05, 0) is 60.9 Å². The van der Waals surface area contributed by atoms with Gasteiger partial charge in [0.1, 0.15) is 27.4 Å². The van der Waals surface area contributed by atoms with Gasteiger partial charge in [0.05, 0.1) is 34.0 Å². The molecule has 2 unspecified atom stereocenters. The quantitative estimate of drug-likeness (QED) is 0.222. The second-order valence-corrected chi connectivity index (χ2v) is 12.7. The van der Waals surface area contributed by atoms with Crippen LogP contribution in [-0.4, -0.2) is 120 Å². The first-order valence-electron chi connectivity index (χ1n) is 13.5. The van der Waals surface area contributed by atoms with Crippen LogP contribution in [-0.2, 0) is 47.6 Å². The van der Waals surface area contributed by atoms with Crippen LogP contribution in [0, 0.1) is 10.8 Å². The molecule has 41 heavy (non-hydrogen) atoms. The number of nitrogens with one attached hydrogen (secondary N) is 1. The van der Waals surface area contributed by atoms with Crippen molar-refractivity contribution in [3.63, 3.8) is 0 Å². The fourth-order valence-corrected chi connectivity index (χ4v) is 4.56. The molecule has 0 aromatic heterocycles. The van der Waals surface area contributed by atoms with Gasteiger partial charge in [-0.3, -0.25) is 24.1 Å². The van der Waals surface area contributed by atoms with Crippen molar-refractivity contribution in [2.75, 3.05) is 79.7 Å². The van der Waals surface area contributed by atoms with Gasteiger partial charge in [-0.2, -0.15) is 0 Å². The molecule has 2 heterocycles. The van der Waals surface area contributed by atoms with Crippen molar-refractivity contribution in [3.8, 4) is 0 Å². The van der Waals surface area contributed by atoms with E-state index in [0.29, 0.717) is 39.3 Å². The predicted molar refractivity (Wildman–Crippen MR) is 157 cm³/mol.